The minimum atomic E-state index is -3.60. The molecule has 0 aliphatic rings. The molecule has 2 rings (SSSR count). The van der Waals surface area contributed by atoms with Gasteiger partial charge in [0.15, 0.2) is 9.84 Å². The predicted molar refractivity (Wildman–Crippen MR) is 85.8 cm³/mol. The van der Waals surface area contributed by atoms with Crippen molar-refractivity contribution in [1.29, 1.82) is 5.26 Å². The first kappa shape index (κ1) is 16.7. The summed E-state index contributed by atoms with van der Waals surface area (Å²) in [7, 11) is -2.42. The highest BCUT2D eigenvalue weighted by Crippen LogP contribution is 2.31. The van der Waals surface area contributed by atoms with Gasteiger partial charge in [-0.3, -0.25) is 0 Å². The number of hydrogen-bond donors (Lipinski definition) is 0. The third-order valence-corrected chi connectivity index (χ3v) is 4.54. The van der Waals surface area contributed by atoms with E-state index in [1.54, 1.807) is 12.1 Å². The topological polar surface area (TPSA) is 84.2 Å². The number of methoxy groups -OCH3 is 1. The first-order valence-corrected chi connectivity index (χ1v) is 8.60. The Bertz CT molecular complexity index is 907. The highest BCUT2D eigenvalue weighted by molar-refractivity contribution is 7.90. The SMILES string of the molecule is COC(=O)c1cc(S(C)(=O)=O)c(-c2ccc(C)cc2)cc1C#N. The van der Waals surface area contributed by atoms with Crippen molar-refractivity contribution in [3.63, 3.8) is 0 Å². The van der Waals surface area contributed by atoms with Crippen LogP contribution in [0.1, 0.15) is 21.5 Å². The largest absolute Gasteiger partial charge is 0.465 e. The summed E-state index contributed by atoms with van der Waals surface area (Å²) in [5.74, 6) is -0.748. The Morgan fingerprint density at radius 1 is 1.17 bits per heavy atom. The van der Waals surface area contributed by atoms with Crippen LogP contribution in [0.25, 0.3) is 11.1 Å². The molecule has 6 heteroatoms. The average Bonchev–Trinajstić information content (AvgIpc) is 2.52. The van der Waals surface area contributed by atoms with Crippen molar-refractivity contribution in [3.8, 4) is 17.2 Å². The van der Waals surface area contributed by atoms with E-state index >= 15 is 0 Å². The van der Waals surface area contributed by atoms with E-state index in [-0.39, 0.29) is 16.0 Å². The predicted octanol–water partition coefficient (Wildman–Crippen LogP) is 2.72. The van der Waals surface area contributed by atoms with Gasteiger partial charge in [0, 0.05) is 11.8 Å². The minimum absolute atomic E-state index is 0.0132. The smallest absolute Gasteiger partial charge is 0.339 e. The highest BCUT2D eigenvalue weighted by atomic mass is 32.2. The number of nitriles is 1. The Kier molecular flexibility index (Phi) is 4.52. The molecule has 0 unspecified atom stereocenters. The third kappa shape index (κ3) is 3.41. The molecule has 0 aliphatic carbocycles. The molecule has 0 saturated heterocycles. The van der Waals surface area contributed by atoms with Crippen molar-refractivity contribution in [2.75, 3.05) is 13.4 Å². The van der Waals surface area contributed by atoms with E-state index in [0.29, 0.717) is 11.1 Å². The van der Waals surface area contributed by atoms with Gasteiger partial charge in [-0.15, -0.1) is 0 Å². The standard InChI is InChI=1S/C17H15NO4S/c1-11-4-6-12(7-5-11)14-8-13(10-18)15(17(19)22-2)9-16(14)23(3,20)21/h4-9H,1-3H3. The fourth-order valence-electron chi connectivity index (χ4n) is 2.22. The van der Waals surface area contributed by atoms with Gasteiger partial charge in [-0.1, -0.05) is 29.8 Å². The van der Waals surface area contributed by atoms with Crippen LogP contribution >= 0.6 is 0 Å². The third-order valence-electron chi connectivity index (χ3n) is 3.41. The lowest BCUT2D eigenvalue weighted by atomic mass is 9.99. The number of ether oxygens (including phenoxy) is 1. The zero-order chi connectivity index (χ0) is 17.2. The van der Waals surface area contributed by atoms with Gasteiger partial charge in [0.2, 0.25) is 0 Å². The second-order valence-corrected chi connectivity index (χ2v) is 7.12. The summed E-state index contributed by atoms with van der Waals surface area (Å²) < 4.78 is 28.9. The van der Waals surface area contributed by atoms with Gasteiger partial charge in [-0.25, -0.2) is 13.2 Å². The lowest BCUT2D eigenvalue weighted by Crippen LogP contribution is -2.09. The molecule has 23 heavy (non-hydrogen) atoms. The van der Waals surface area contributed by atoms with Gasteiger partial charge in [0.05, 0.1) is 23.1 Å². The van der Waals surface area contributed by atoms with Gasteiger partial charge in [0.25, 0.3) is 0 Å². The normalized spacial score (nSPS) is 10.9. The quantitative estimate of drug-likeness (QED) is 0.808. The molecule has 0 fully saturated rings. The summed E-state index contributed by atoms with van der Waals surface area (Å²) >= 11 is 0. The molecule has 0 spiro atoms. The van der Waals surface area contributed by atoms with Crippen molar-refractivity contribution in [2.24, 2.45) is 0 Å². The number of hydrogen-bond acceptors (Lipinski definition) is 5. The molecule has 0 saturated carbocycles. The zero-order valence-corrected chi connectivity index (χ0v) is 13.8. The maximum atomic E-state index is 12.1. The monoisotopic (exact) mass is 329 g/mol. The molecule has 0 N–H and O–H groups in total. The summed E-state index contributed by atoms with van der Waals surface area (Å²) in [6.45, 7) is 1.92. The van der Waals surface area contributed by atoms with Crippen LogP contribution in [0.2, 0.25) is 0 Å². The summed E-state index contributed by atoms with van der Waals surface area (Å²) in [6, 6.07) is 11.8. The molecular formula is C17H15NO4S. The second-order valence-electron chi connectivity index (χ2n) is 5.14. The molecule has 118 valence electrons. The van der Waals surface area contributed by atoms with Gasteiger partial charge >= 0.3 is 5.97 Å². The molecule has 0 bridgehead atoms. The van der Waals surface area contributed by atoms with Crippen LogP contribution in [0, 0.1) is 18.3 Å². The molecule has 5 nitrogen and oxygen atoms in total. The fourth-order valence-corrected chi connectivity index (χ4v) is 3.12. The number of nitrogens with zero attached hydrogens (tertiary/aromatic N) is 1. The number of rotatable bonds is 3. The van der Waals surface area contributed by atoms with E-state index in [1.807, 2.05) is 25.1 Å². The van der Waals surface area contributed by atoms with E-state index in [0.717, 1.165) is 11.8 Å². The molecule has 0 radical (unpaired) electrons. The van der Waals surface area contributed by atoms with Crippen molar-refractivity contribution in [2.45, 2.75) is 11.8 Å². The van der Waals surface area contributed by atoms with E-state index < -0.39 is 15.8 Å². The first-order chi connectivity index (χ1) is 10.8. The van der Waals surface area contributed by atoms with Crippen LogP contribution in [0.4, 0.5) is 0 Å². The number of carbonyl (C=O) groups excluding carboxylic acids is 1. The molecular weight excluding hydrogens is 314 g/mol. The Morgan fingerprint density at radius 3 is 2.26 bits per heavy atom. The molecule has 0 amide bonds. The van der Waals surface area contributed by atoms with E-state index in [9.17, 15) is 18.5 Å². The van der Waals surface area contributed by atoms with Gasteiger partial charge in [-0.05, 0) is 24.6 Å². The fraction of sp³-hybridized carbons (Fsp3) is 0.176. The minimum Gasteiger partial charge on any atom is -0.465 e. The van der Waals surface area contributed by atoms with E-state index in [4.69, 9.17) is 0 Å². The Morgan fingerprint density at radius 2 is 1.78 bits per heavy atom. The van der Waals surface area contributed by atoms with Crippen LogP contribution in [0.5, 0.6) is 0 Å². The zero-order valence-electron chi connectivity index (χ0n) is 13.0. The van der Waals surface area contributed by atoms with E-state index in [2.05, 4.69) is 4.74 Å². The average molecular weight is 329 g/mol. The van der Waals surface area contributed by atoms with E-state index in [1.165, 1.54) is 19.2 Å². The molecule has 0 aliphatic heterocycles. The summed E-state index contributed by atoms with van der Waals surface area (Å²) in [5.41, 5.74) is 2.08. The maximum absolute atomic E-state index is 12.1. The van der Waals surface area contributed by atoms with Crippen LogP contribution in [0.3, 0.4) is 0 Å². The summed E-state index contributed by atoms with van der Waals surface area (Å²) in [4.78, 5) is 11.8. The van der Waals surface area contributed by atoms with Gasteiger partial charge < -0.3 is 4.74 Å². The second kappa shape index (κ2) is 6.23. The molecule has 2 aromatic carbocycles. The van der Waals surface area contributed by atoms with Crippen molar-refractivity contribution >= 4 is 15.8 Å². The number of sulfone groups is 1. The first-order valence-electron chi connectivity index (χ1n) is 6.71. The molecule has 0 atom stereocenters. The van der Waals surface area contributed by atoms with Crippen molar-refractivity contribution in [1.82, 2.24) is 0 Å². The Balaban J connectivity index is 2.83. The van der Waals surface area contributed by atoms with Crippen molar-refractivity contribution < 1.29 is 17.9 Å². The Hall–Kier alpha value is -2.65. The number of benzene rings is 2. The van der Waals surface area contributed by atoms with Gasteiger partial charge in [0.1, 0.15) is 6.07 Å². The molecule has 0 aromatic heterocycles. The lowest BCUT2D eigenvalue weighted by Gasteiger charge is -2.12. The van der Waals surface area contributed by atoms with Crippen LogP contribution in [0.15, 0.2) is 41.3 Å². The number of carbonyl (C=O) groups is 1. The number of esters is 1. The van der Waals surface area contributed by atoms with Crippen LogP contribution in [-0.4, -0.2) is 27.8 Å². The Labute approximate surface area is 135 Å². The maximum Gasteiger partial charge on any atom is 0.339 e. The van der Waals surface area contributed by atoms with Gasteiger partial charge in [-0.2, -0.15) is 5.26 Å². The molecule has 2 aromatic rings. The highest BCUT2D eigenvalue weighted by Gasteiger charge is 2.22. The summed E-state index contributed by atoms with van der Waals surface area (Å²) in [5, 5.41) is 9.26. The van der Waals surface area contributed by atoms with Crippen LogP contribution in [-0.2, 0) is 14.6 Å². The lowest BCUT2D eigenvalue weighted by molar-refractivity contribution is 0.0600. The number of aryl methyl sites for hydroxylation is 1. The van der Waals surface area contributed by atoms with Crippen molar-refractivity contribution in [3.05, 3.63) is 53.1 Å². The van der Waals surface area contributed by atoms with Crippen LogP contribution < -0.4 is 0 Å². The molecule has 0 heterocycles. The summed E-state index contributed by atoms with van der Waals surface area (Å²) in [6.07, 6.45) is 1.06.